The first-order valence-electron chi connectivity index (χ1n) is 8.71. The minimum atomic E-state index is -0.348. The van der Waals surface area contributed by atoms with Gasteiger partial charge in [0.2, 0.25) is 0 Å². The Bertz CT molecular complexity index is 983. The molecule has 1 aliphatic rings. The van der Waals surface area contributed by atoms with E-state index in [0.717, 1.165) is 31.6 Å². The van der Waals surface area contributed by atoms with Gasteiger partial charge in [-0.3, -0.25) is 4.79 Å². The third kappa shape index (κ3) is 3.26. The molecule has 8 heteroatoms. The van der Waals surface area contributed by atoms with Crippen molar-refractivity contribution in [1.29, 1.82) is 0 Å². The van der Waals surface area contributed by atoms with Gasteiger partial charge in [0.05, 0.1) is 0 Å². The average Bonchev–Trinajstić information content (AvgIpc) is 3.04. The predicted octanol–water partition coefficient (Wildman–Crippen LogP) is 2.53. The van der Waals surface area contributed by atoms with Gasteiger partial charge in [0, 0.05) is 38.3 Å². The number of aryl methyl sites for hydroxylation is 1. The molecule has 0 bridgehead atoms. The number of hydrogen-bond donors (Lipinski definition) is 1. The first-order chi connectivity index (χ1) is 12.6. The summed E-state index contributed by atoms with van der Waals surface area (Å²) in [6.45, 7) is 1.51. The zero-order chi connectivity index (χ0) is 18.1. The largest absolute Gasteiger partial charge is 0.423 e. The Hall–Kier alpha value is -2.90. The van der Waals surface area contributed by atoms with Crippen LogP contribution in [0.5, 0.6) is 0 Å². The van der Waals surface area contributed by atoms with Gasteiger partial charge in [-0.1, -0.05) is 0 Å². The Morgan fingerprint density at radius 1 is 1.31 bits per heavy atom. The summed E-state index contributed by atoms with van der Waals surface area (Å²) in [6, 6.07) is 8.18. The van der Waals surface area contributed by atoms with Crippen molar-refractivity contribution in [3.8, 4) is 0 Å². The van der Waals surface area contributed by atoms with Crippen molar-refractivity contribution < 1.29 is 8.81 Å². The minimum Gasteiger partial charge on any atom is -0.423 e. The fourth-order valence-corrected chi connectivity index (χ4v) is 3.34. The molecule has 136 valence electrons. The molecule has 1 unspecified atom stereocenters. The zero-order valence-corrected chi connectivity index (χ0v) is 14.5. The highest BCUT2D eigenvalue weighted by atomic mass is 19.1. The summed E-state index contributed by atoms with van der Waals surface area (Å²) < 4.78 is 20.2. The van der Waals surface area contributed by atoms with E-state index < -0.39 is 0 Å². The van der Waals surface area contributed by atoms with Crippen LogP contribution in [0.3, 0.4) is 0 Å². The molecule has 0 saturated carbocycles. The number of rotatable bonds is 4. The van der Waals surface area contributed by atoms with Crippen LogP contribution < -0.4 is 15.8 Å². The van der Waals surface area contributed by atoms with Gasteiger partial charge in [-0.25, -0.2) is 9.07 Å². The quantitative estimate of drug-likeness (QED) is 0.773. The van der Waals surface area contributed by atoms with Gasteiger partial charge in [0.25, 0.3) is 11.6 Å². The second-order valence-electron chi connectivity index (χ2n) is 6.51. The maximum absolute atomic E-state index is 13.3. The van der Waals surface area contributed by atoms with E-state index in [1.165, 1.54) is 22.9 Å². The Morgan fingerprint density at radius 3 is 3.04 bits per heavy atom. The van der Waals surface area contributed by atoms with E-state index in [1.54, 1.807) is 19.2 Å². The molecule has 1 atom stereocenters. The average molecular weight is 357 g/mol. The third-order valence-electron chi connectivity index (χ3n) is 4.71. The van der Waals surface area contributed by atoms with E-state index in [9.17, 15) is 9.18 Å². The topological polar surface area (TPSA) is 76.2 Å². The lowest BCUT2D eigenvalue weighted by atomic mass is 10.0. The Labute approximate surface area is 149 Å². The molecule has 1 aliphatic heterocycles. The number of halogens is 1. The number of aromatic nitrogens is 3. The van der Waals surface area contributed by atoms with Crippen LogP contribution in [-0.4, -0.2) is 33.9 Å². The normalized spacial score (nSPS) is 17.6. The number of piperidine rings is 1. The molecule has 1 aromatic carbocycles. The van der Waals surface area contributed by atoms with E-state index in [0.29, 0.717) is 23.7 Å². The van der Waals surface area contributed by atoms with Crippen molar-refractivity contribution in [3.05, 3.63) is 46.5 Å². The fraction of sp³-hybridized carbons (Fsp3) is 0.389. The van der Waals surface area contributed by atoms with Gasteiger partial charge in [-0.15, -0.1) is 0 Å². The molecule has 3 heterocycles. The van der Waals surface area contributed by atoms with Crippen molar-refractivity contribution in [2.24, 2.45) is 7.05 Å². The van der Waals surface area contributed by atoms with Gasteiger partial charge in [0.15, 0.2) is 5.58 Å². The van der Waals surface area contributed by atoms with Crippen molar-refractivity contribution in [3.63, 3.8) is 0 Å². The highest BCUT2D eigenvalue weighted by molar-refractivity contribution is 5.74. The molecular weight excluding hydrogens is 337 g/mol. The summed E-state index contributed by atoms with van der Waals surface area (Å²) in [4.78, 5) is 18.1. The molecule has 1 fully saturated rings. The second-order valence-corrected chi connectivity index (χ2v) is 6.51. The van der Waals surface area contributed by atoms with Crippen molar-refractivity contribution >= 4 is 22.9 Å². The molecule has 26 heavy (non-hydrogen) atoms. The maximum Gasteiger partial charge on any atom is 0.295 e. The first kappa shape index (κ1) is 16.6. The predicted molar refractivity (Wildman–Crippen MR) is 96.9 cm³/mol. The van der Waals surface area contributed by atoms with Crippen LogP contribution in [0, 0.1) is 5.82 Å². The molecule has 4 rings (SSSR count). The van der Waals surface area contributed by atoms with Crippen LogP contribution in [0.2, 0.25) is 0 Å². The first-order valence-corrected chi connectivity index (χ1v) is 8.71. The molecule has 0 spiro atoms. The van der Waals surface area contributed by atoms with Crippen molar-refractivity contribution in [2.75, 3.05) is 23.3 Å². The van der Waals surface area contributed by atoms with Crippen LogP contribution >= 0.6 is 0 Å². The summed E-state index contributed by atoms with van der Waals surface area (Å²) in [5.41, 5.74) is 0.918. The summed E-state index contributed by atoms with van der Waals surface area (Å²) in [7, 11) is 1.65. The Kier molecular flexibility index (Phi) is 4.32. The molecule has 1 saturated heterocycles. The van der Waals surface area contributed by atoms with Crippen LogP contribution in [-0.2, 0) is 7.05 Å². The van der Waals surface area contributed by atoms with Gasteiger partial charge in [-0.2, -0.15) is 10.1 Å². The maximum atomic E-state index is 13.3. The molecule has 0 amide bonds. The lowest BCUT2D eigenvalue weighted by molar-refractivity contribution is 0.460. The molecule has 1 N–H and O–H groups in total. The molecule has 0 radical (unpaired) electrons. The van der Waals surface area contributed by atoms with Crippen molar-refractivity contribution in [1.82, 2.24) is 14.8 Å². The van der Waals surface area contributed by atoms with Gasteiger partial charge >= 0.3 is 0 Å². The summed E-state index contributed by atoms with van der Waals surface area (Å²) in [5.74, 6) is 0.442. The highest BCUT2D eigenvalue weighted by Crippen LogP contribution is 2.24. The standard InChI is InChI=1S/C18H20FN5O2/c1-23-17(25)8-7-16(22-23)24-9-3-2-4-13(24)11-20-18-21-14-6-5-12(19)10-15(14)26-18/h5-8,10,13H,2-4,9,11H2,1H3,(H,20,21). The number of hydrogen-bond acceptors (Lipinski definition) is 6. The summed E-state index contributed by atoms with van der Waals surface area (Å²) in [6.07, 6.45) is 3.23. The van der Waals surface area contributed by atoms with E-state index in [2.05, 4.69) is 20.3 Å². The van der Waals surface area contributed by atoms with E-state index >= 15 is 0 Å². The number of benzene rings is 1. The number of oxazole rings is 1. The van der Waals surface area contributed by atoms with Gasteiger partial charge in [0.1, 0.15) is 17.2 Å². The fourth-order valence-electron chi connectivity index (χ4n) is 3.34. The summed E-state index contributed by atoms with van der Waals surface area (Å²) >= 11 is 0. The van der Waals surface area contributed by atoms with Gasteiger partial charge < -0.3 is 14.6 Å². The zero-order valence-electron chi connectivity index (χ0n) is 14.5. The monoisotopic (exact) mass is 357 g/mol. The molecule has 2 aromatic heterocycles. The van der Waals surface area contributed by atoms with Crippen LogP contribution in [0.25, 0.3) is 11.1 Å². The molecule has 3 aromatic rings. The Morgan fingerprint density at radius 2 is 2.19 bits per heavy atom. The van der Waals surface area contributed by atoms with Crippen molar-refractivity contribution in [2.45, 2.75) is 25.3 Å². The lowest BCUT2D eigenvalue weighted by Crippen LogP contribution is -2.44. The number of fused-ring (bicyclic) bond motifs is 1. The second kappa shape index (κ2) is 6.78. The van der Waals surface area contributed by atoms with Crippen LogP contribution in [0.1, 0.15) is 19.3 Å². The van der Waals surface area contributed by atoms with Gasteiger partial charge in [-0.05, 0) is 37.5 Å². The lowest BCUT2D eigenvalue weighted by Gasteiger charge is -2.36. The molecule has 7 nitrogen and oxygen atoms in total. The van der Waals surface area contributed by atoms with E-state index in [1.807, 2.05) is 0 Å². The number of anilines is 2. The van der Waals surface area contributed by atoms with E-state index in [-0.39, 0.29) is 17.4 Å². The molecule has 0 aliphatic carbocycles. The number of nitrogens with zero attached hydrogens (tertiary/aromatic N) is 4. The SMILES string of the molecule is Cn1nc(N2CCCCC2CNc2nc3ccc(F)cc3o2)ccc1=O. The smallest absolute Gasteiger partial charge is 0.295 e. The Balaban J connectivity index is 1.50. The van der Waals surface area contributed by atoms with Crippen LogP contribution in [0.4, 0.5) is 16.2 Å². The third-order valence-corrected chi connectivity index (χ3v) is 4.71. The van der Waals surface area contributed by atoms with E-state index in [4.69, 9.17) is 4.42 Å². The van der Waals surface area contributed by atoms with Crippen LogP contribution in [0.15, 0.2) is 39.5 Å². The highest BCUT2D eigenvalue weighted by Gasteiger charge is 2.24. The summed E-state index contributed by atoms with van der Waals surface area (Å²) in [5, 5.41) is 7.58. The number of nitrogens with one attached hydrogen (secondary N) is 1. The molecular formula is C18H20FN5O2. The minimum absolute atomic E-state index is 0.126.